The lowest BCUT2D eigenvalue weighted by Crippen LogP contribution is -1.95. The van der Waals surface area contributed by atoms with E-state index in [1.807, 2.05) is 12.1 Å². The maximum atomic E-state index is 8.09. The molecule has 1 aliphatic carbocycles. The fourth-order valence-electron chi connectivity index (χ4n) is 2.32. The smallest absolute Gasteiger partial charge is 0.0626 e. The zero-order valence-corrected chi connectivity index (χ0v) is 9.36. The van der Waals surface area contributed by atoms with Crippen molar-refractivity contribution in [2.24, 2.45) is 0 Å². The highest BCUT2D eigenvalue weighted by molar-refractivity contribution is 6.30. The number of halogens is 1. The molecule has 0 aliphatic heterocycles. The van der Waals surface area contributed by atoms with E-state index in [0.29, 0.717) is 10.6 Å². The lowest BCUT2D eigenvalue weighted by molar-refractivity contribution is 0.788. The zero-order valence-electron chi connectivity index (χ0n) is 13.6. The van der Waals surface area contributed by atoms with Gasteiger partial charge in [0.2, 0.25) is 0 Å². The Morgan fingerprint density at radius 1 is 1.19 bits per heavy atom. The summed E-state index contributed by atoms with van der Waals surface area (Å²) in [6.45, 7) is 0. The second-order valence-corrected chi connectivity index (χ2v) is 4.41. The van der Waals surface area contributed by atoms with Crippen LogP contribution in [0.3, 0.4) is 0 Å². The van der Waals surface area contributed by atoms with Gasteiger partial charge in [0.25, 0.3) is 0 Å². The molecule has 0 N–H and O–H groups in total. The van der Waals surface area contributed by atoms with Crippen LogP contribution in [-0.4, -0.2) is 0 Å². The average Bonchev–Trinajstić information content (AvgIpc) is 2.86. The molecule has 0 nitrogen and oxygen atoms in total. The Morgan fingerprint density at radius 2 is 2.00 bits per heavy atom. The van der Waals surface area contributed by atoms with Crippen molar-refractivity contribution < 1.29 is 6.85 Å². The van der Waals surface area contributed by atoms with Gasteiger partial charge in [0.15, 0.2) is 0 Å². The molecule has 0 aromatic heterocycles. The van der Waals surface area contributed by atoms with E-state index >= 15 is 0 Å². The average molecular weight is 234 g/mol. The molecule has 1 atom stereocenters. The van der Waals surface area contributed by atoms with Crippen molar-refractivity contribution >= 4 is 11.6 Å². The number of hydrogen-bond acceptors (Lipinski definition) is 0. The molecule has 0 fully saturated rings. The van der Waals surface area contributed by atoms with E-state index in [-0.39, 0.29) is 36.1 Å². The molecule has 16 heavy (non-hydrogen) atoms. The number of aryl methyl sites for hydroxylation is 1. The number of fused-ring (bicyclic) bond motifs is 1. The topological polar surface area (TPSA) is 0 Å². The van der Waals surface area contributed by atoms with Crippen LogP contribution in [0.4, 0.5) is 0 Å². The molecule has 0 saturated heterocycles. The highest BCUT2D eigenvalue weighted by Crippen LogP contribution is 2.38. The lowest BCUT2D eigenvalue weighted by atomic mass is 9.93. The van der Waals surface area contributed by atoms with Gasteiger partial charge < -0.3 is 0 Å². The third-order valence-electron chi connectivity index (χ3n) is 3.05. The van der Waals surface area contributed by atoms with Gasteiger partial charge in [0.05, 0.1) is 6.85 Å². The quantitative estimate of drug-likeness (QED) is 0.684. The summed E-state index contributed by atoms with van der Waals surface area (Å²) < 4.78 is 39.4. The second kappa shape index (κ2) is 3.95. The van der Waals surface area contributed by atoms with E-state index in [2.05, 4.69) is 0 Å². The highest BCUT2D eigenvalue weighted by Gasteiger charge is 2.23. The normalized spacial score (nSPS) is 22.8. The predicted octanol–water partition coefficient (Wildman–Crippen LogP) is 4.42. The highest BCUT2D eigenvalue weighted by atomic mass is 35.5. The molecule has 2 aromatic rings. The summed E-state index contributed by atoms with van der Waals surface area (Å²) in [7, 11) is 0. The minimum absolute atomic E-state index is 0.103. The maximum Gasteiger partial charge on any atom is 0.0626 e. The Balaban J connectivity index is 2.21. The molecule has 0 radical (unpaired) electrons. The van der Waals surface area contributed by atoms with Crippen molar-refractivity contribution in [1.82, 2.24) is 0 Å². The SMILES string of the molecule is [2H]c1c([2H])c([2H])c(C2CCc3cc(Cl)ccc32)c([2H])c1[2H]. The number of rotatable bonds is 1. The van der Waals surface area contributed by atoms with Crippen LogP contribution >= 0.6 is 11.6 Å². The minimum atomic E-state index is -0.344. The molecule has 3 rings (SSSR count). The van der Waals surface area contributed by atoms with Crippen molar-refractivity contribution in [3.63, 3.8) is 0 Å². The van der Waals surface area contributed by atoms with E-state index in [1.54, 1.807) is 6.07 Å². The standard InChI is InChI=1S/C15H13Cl/c16-13-7-9-15-12(10-13)6-8-14(15)11-4-2-1-3-5-11/h1-5,7,9-10,14H,6,8H2/i1D,2D,3D,4D,5D. The van der Waals surface area contributed by atoms with E-state index in [1.165, 1.54) is 0 Å². The van der Waals surface area contributed by atoms with Crippen LogP contribution in [0.1, 0.15) is 35.9 Å². The Kier molecular flexibility index (Phi) is 1.45. The molecular formula is C15H13Cl. The van der Waals surface area contributed by atoms with Gasteiger partial charge in [-0.25, -0.2) is 0 Å². The molecule has 80 valence electrons. The van der Waals surface area contributed by atoms with Gasteiger partial charge in [0.1, 0.15) is 0 Å². The summed E-state index contributed by atoms with van der Waals surface area (Å²) in [5, 5.41) is 0.662. The van der Waals surface area contributed by atoms with Gasteiger partial charge in [-0.2, -0.15) is 0 Å². The van der Waals surface area contributed by atoms with Crippen molar-refractivity contribution in [3.05, 3.63) is 70.1 Å². The second-order valence-electron chi connectivity index (χ2n) is 3.97. The third-order valence-corrected chi connectivity index (χ3v) is 3.29. The Labute approximate surface area is 108 Å². The van der Waals surface area contributed by atoms with E-state index in [9.17, 15) is 0 Å². The number of benzene rings is 2. The molecule has 0 spiro atoms. The molecular weight excluding hydrogens is 216 g/mol. The summed E-state index contributed by atoms with van der Waals surface area (Å²) in [4.78, 5) is 0. The summed E-state index contributed by atoms with van der Waals surface area (Å²) in [6.07, 6.45) is 1.55. The summed E-state index contributed by atoms with van der Waals surface area (Å²) in [5.74, 6) is -0.161. The van der Waals surface area contributed by atoms with Gasteiger partial charge in [-0.1, -0.05) is 47.9 Å². The van der Waals surface area contributed by atoms with Gasteiger partial charge in [-0.05, 0) is 41.7 Å². The fraction of sp³-hybridized carbons (Fsp3) is 0.200. The van der Waals surface area contributed by atoms with Gasteiger partial charge in [-0.15, -0.1) is 0 Å². The predicted molar refractivity (Wildman–Crippen MR) is 68.1 cm³/mol. The third kappa shape index (κ3) is 1.64. The van der Waals surface area contributed by atoms with Gasteiger partial charge in [0, 0.05) is 10.9 Å². The maximum absolute atomic E-state index is 8.09. The molecule has 0 bridgehead atoms. The first kappa shape index (κ1) is 5.88. The van der Waals surface area contributed by atoms with E-state index < -0.39 is 0 Å². The van der Waals surface area contributed by atoms with Crippen molar-refractivity contribution in [1.29, 1.82) is 0 Å². The zero-order chi connectivity index (χ0) is 15.3. The summed E-state index contributed by atoms with van der Waals surface area (Å²) in [5.41, 5.74) is 2.50. The largest absolute Gasteiger partial charge is 0.0843 e. The van der Waals surface area contributed by atoms with Crippen molar-refractivity contribution in [2.45, 2.75) is 18.8 Å². The number of hydrogen-bond donors (Lipinski definition) is 0. The Hall–Kier alpha value is -1.27. The first-order valence-corrected chi connectivity index (χ1v) is 5.64. The summed E-state index contributed by atoms with van der Waals surface area (Å²) >= 11 is 5.99. The van der Waals surface area contributed by atoms with Crippen molar-refractivity contribution in [2.75, 3.05) is 0 Å². The molecule has 1 aliphatic rings. The first-order valence-electron chi connectivity index (χ1n) is 7.77. The van der Waals surface area contributed by atoms with Crippen molar-refractivity contribution in [3.8, 4) is 0 Å². The summed E-state index contributed by atoms with van der Waals surface area (Å²) in [6, 6.07) is 4.49. The molecule has 1 unspecified atom stereocenters. The molecule has 0 amide bonds. The van der Waals surface area contributed by atoms with Crippen LogP contribution in [0.15, 0.2) is 48.4 Å². The molecule has 2 aromatic carbocycles. The monoisotopic (exact) mass is 233 g/mol. The molecule has 0 saturated carbocycles. The Morgan fingerprint density at radius 3 is 2.81 bits per heavy atom. The van der Waals surface area contributed by atoms with E-state index in [0.717, 1.165) is 24.0 Å². The van der Waals surface area contributed by atoms with Gasteiger partial charge >= 0.3 is 0 Å². The van der Waals surface area contributed by atoms with Crippen LogP contribution in [-0.2, 0) is 6.42 Å². The minimum Gasteiger partial charge on any atom is -0.0843 e. The van der Waals surface area contributed by atoms with Crippen LogP contribution in [0.2, 0.25) is 5.02 Å². The van der Waals surface area contributed by atoms with Crippen LogP contribution in [0, 0.1) is 0 Å². The lowest BCUT2D eigenvalue weighted by Gasteiger charge is -2.11. The van der Waals surface area contributed by atoms with Gasteiger partial charge in [-0.3, -0.25) is 0 Å². The Bertz CT molecular complexity index is 712. The van der Waals surface area contributed by atoms with Crippen LogP contribution in [0.25, 0.3) is 0 Å². The van der Waals surface area contributed by atoms with Crippen LogP contribution < -0.4 is 0 Å². The van der Waals surface area contributed by atoms with Crippen LogP contribution in [0.5, 0.6) is 0 Å². The molecule has 1 heteroatoms. The van der Waals surface area contributed by atoms with E-state index in [4.69, 9.17) is 18.5 Å². The first-order chi connectivity index (χ1) is 9.91. The fourth-order valence-corrected chi connectivity index (χ4v) is 2.51. The molecule has 0 heterocycles.